The van der Waals surface area contributed by atoms with Crippen molar-refractivity contribution in [1.29, 1.82) is 5.26 Å². The fourth-order valence-corrected chi connectivity index (χ4v) is 6.79. The highest BCUT2D eigenvalue weighted by atomic mass is 32.2. The van der Waals surface area contributed by atoms with Gasteiger partial charge in [0.2, 0.25) is 0 Å². The summed E-state index contributed by atoms with van der Waals surface area (Å²) in [5.74, 6) is -0.288. The molecule has 3 heteroatoms. The van der Waals surface area contributed by atoms with E-state index in [1.807, 2.05) is 36.4 Å². The summed E-state index contributed by atoms with van der Waals surface area (Å²) in [5, 5.41) is 21.3. The first kappa shape index (κ1) is 23.4. The highest BCUT2D eigenvalue weighted by Gasteiger charge is 2.55. The fourth-order valence-electron chi connectivity index (χ4n) is 5.21. The molecule has 0 bridgehead atoms. The number of rotatable bonds is 5. The Balaban J connectivity index is 2.02. The Morgan fingerprint density at radius 2 is 1.33 bits per heavy atom. The number of thioether (sulfide) groups is 1. The van der Waals surface area contributed by atoms with Gasteiger partial charge in [-0.25, -0.2) is 0 Å². The van der Waals surface area contributed by atoms with Gasteiger partial charge in [0.25, 0.3) is 0 Å². The molecule has 0 saturated carbocycles. The van der Waals surface area contributed by atoms with E-state index < -0.39 is 10.8 Å². The molecule has 3 atom stereocenters. The summed E-state index contributed by atoms with van der Waals surface area (Å²) in [7, 11) is 0. The van der Waals surface area contributed by atoms with Crippen LogP contribution in [0.2, 0.25) is 0 Å². The molecule has 3 aromatic rings. The molecule has 0 heterocycles. The second-order valence-corrected chi connectivity index (χ2v) is 11.0. The Hall–Kier alpha value is -2.80. The third kappa shape index (κ3) is 4.14. The van der Waals surface area contributed by atoms with Crippen LogP contribution in [0, 0.1) is 35.0 Å². The van der Waals surface area contributed by atoms with E-state index in [-0.39, 0.29) is 17.8 Å². The van der Waals surface area contributed by atoms with Crippen molar-refractivity contribution in [2.24, 2.45) is 16.7 Å². The largest absolute Gasteiger partial charge is 0.395 e. The molecule has 0 saturated heterocycles. The van der Waals surface area contributed by atoms with Crippen molar-refractivity contribution in [3.05, 3.63) is 102 Å². The van der Waals surface area contributed by atoms with E-state index in [1.54, 1.807) is 11.8 Å². The Morgan fingerprint density at radius 1 is 0.818 bits per heavy atom. The smallest absolute Gasteiger partial charge is 0.0686 e. The minimum Gasteiger partial charge on any atom is -0.395 e. The molecule has 4 rings (SSSR count). The van der Waals surface area contributed by atoms with Crippen molar-refractivity contribution in [1.82, 2.24) is 0 Å². The van der Waals surface area contributed by atoms with E-state index in [1.165, 1.54) is 5.56 Å². The van der Waals surface area contributed by atoms with Crippen LogP contribution in [-0.4, -0.2) is 17.0 Å². The van der Waals surface area contributed by atoms with Gasteiger partial charge >= 0.3 is 0 Å². The maximum atomic E-state index is 11.0. The van der Waals surface area contributed by atoms with E-state index in [2.05, 4.69) is 82.3 Å². The average Bonchev–Trinajstić information content (AvgIpc) is 2.83. The summed E-state index contributed by atoms with van der Waals surface area (Å²) in [6.45, 7) is 8.54. The fraction of sp³-hybridized carbons (Fsp3) is 0.300. The van der Waals surface area contributed by atoms with Crippen molar-refractivity contribution in [2.45, 2.75) is 37.8 Å². The molecule has 1 aliphatic rings. The molecule has 0 spiro atoms. The summed E-state index contributed by atoms with van der Waals surface area (Å²) < 4.78 is 0. The van der Waals surface area contributed by atoms with Crippen LogP contribution >= 0.6 is 11.8 Å². The molecule has 3 aromatic carbocycles. The molecule has 1 aliphatic carbocycles. The van der Waals surface area contributed by atoms with Gasteiger partial charge in [-0.1, -0.05) is 99.1 Å². The Bertz CT molecular complexity index is 1180. The molecule has 0 aliphatic heterocycles. The lowest BCUT2D eigenvalue weighted by Crippen LogP contribution is -2.49. The van der Waals surface area contributed by atoms with E-state index in [0.29, 0.717) is 0 Å². The molecule has 33 heavy (non-hydrogen) atoms. The van der Waals surface area contributed by atoms with Gasteiger partial charge in [-0.2, -0.15) is 5.26 Å². The monoisotopic (exact) mass is 453 g/mol. The van der Waals surface area contributed by atoms with Crippen LogP contribution in [0.15, 0.2) is 89.8 Å². The first-order valence-corrected chi connectivity index (χ1v) is 12.3. The topological polar surface area (TPSA) is 44.0 Å². The van der Waals surface area contributed by atoms with Gasteiger partial charge in [-0.3, -0.25) is 0 Å². The van der Waals surface area contributed by atoms with Gasteiger partial charge in [0.05, 0.1) is 18.6 Å². The highest BCUT2D eigenvalue weighted by molar-refractivity contribution is 8.00. The number of aliphatic hydroxyl groups excluding tert-OH is 1. The highest BCUT2D eigenvalue weighted by Crippen LogP contribution is 2.62. The third-order valence-electron chi connectivity index (χ3n) is 7.05. The van der Waals surface area contributed by atoms with Crippen molar-refractivity contribution < 1.29 is 5.11 Å². The SMILES string of the molecule is Cc1ccc(SC2C(C#N)C(C)(C)C(c3ccccc3)=C(c3ccccc3)C2(C)CO)cc1. The maximum absolute atomic E-state index is 11.0. The maximum Gasteiger partial charge on any atom is 0.0686 e. The predicted octanol–water partition coefficient (Wildman–Crippen LogP) is 7.24. The van der Waals surface area contributed by atoms with Crippen LogP contribution < -0.4 is 0 Å². The Labute approximate surface area is 202 Å². The number of hydrogen-bond acceptors (Lipinski definition) is 3. The number of allylic oxidation sites excluding steroid dienone is 1. The summed E-state index contributed by atoms with van der Waals surface area (Å²) in [5.41, 5.74) is 4.68. The number of aryl methyl sites for hydroxylation is 1. The van der Waals surface area contributed by atoms with Crippen LogP contribution in [0.3, 0.4) is 0 Å². The van der Waals surface area contributed by atoms with Gasteiger partial charge in [-0.05, 0) is 41.3 Å². The van der Waals surface area contributed by atoms with Crippen LogP contribution in [0.1, 0.15) is 37.5 Å². The van der Waals surface area contributed by atoms with Crippen molar-refractivity contribution >= 4 is 22.9 Å². The molecule has 168 valence electrons. The normalized spacial score (nSPS) is 24.4. The molecule has 0 amide bonds. The van der Waals surface area contributed by atoms with Gasteiger partial charge in [-0.15, -0.1) is 11.8 Å². The van der Waals surface area contributed by atoms with Crippen LogP contribution in [0.4, 0.5) is 0 Å². The average molecular weight is 454 g/mol. The van der Waals surface area contributed by atoms with Gasteiger partial charge in [0, 0.05) is 21.0 Å². The zero-order valence-corrected chi connectivity index (χ0v) is 20.6. The third-order valence-corrected chi connectivity index (χ3v) is 8.64. The zero-order chi connectivity index (χ0) is 23.6. The first-order valence-electron chi connectivity index (χ1n) is 11.4. The second kappa shape index (κ2) is 9.21. The quantitative estimate of drug-likeness (QED) is 0.443. The number of aliphatic hydroxyl groups is 1. The van der Waals surface area contributed by atoms with Gasteiger partial charge in [0.15, 0.2) is 0 Å². The van der Waals surface area contributed by atoms with Crippen LogP contribution in [0.25, 0.3) is 11.1 Å². The Kier molecular flexibility index (Phi) is 6.52. The number of benzene rings is 3. The molecule has 1 N–H and O–H groups in total. The van der Waals surface area contributed by atoms with Gasteiger partial charge in [0.1, 0.15) is 0 Å². The second-order valence-electron chi connectivity index (χ2n) is 9.74. The number of hydrogen-bond donors (Lipinski definition) is 1. The predicted molar refractivity (Wildman–Crippen MR) is 139 cm³/mol. The standard InChI is InChI=1S/C30H31NOS/c1-21-15-17-24(18-16-21)33-28-25(19-31)29(2,3)26(22-11-7-5-8-12-22)27(30(28,4)20-32)23-13-9-6-10-14-23/h5-18,25,28,32H,20H2,1-4H3. The summed E-state index contributed by atoms with van der Waals surface area (Å²) in [6.07, 6.45) is 0. The minimum atomic E-state index is -0.613. The van der Waals surface area contributed by atoms with E-state index >= 15 is 0 Å². The lowest BCUT2D eigenvalue weighted by Gasteiger charge is -2.52. The van der Waals surface area contributed by atoms with E-state index in [4.69, 9.17) is 0 Å². The lowest BCUT2D eigenvalue weighted by molar-refractivity contribution is 0.150. The van der Waals surface area contributed by atoms with Crippen molar-refractivity contribution in [2.75, 3.05) is 6.61 Å². The summed E-state index contributed by atoms with van der Waals surface area (Å²) in [4.78, 5) is 1.12. The zero-order valence-electron chi connectivity index (χ0n) is 19.7. The first-order chi connectivity index (χ1) is 15.8. The summed E-state index contributed by atoms with van der Waals surface area (Å²) >= 11 is 1.72. The lowest BCUT2D eigenvalue weighted by atomic mass is 9.55. The Morgan fingerprint density at radius 3 is 1.82 bits per heavy atom. The minimum absolute atomic E-state index is 0.0364. The summed E-state index contributed by atoms with van der Waals surface area (Å²) in [6, 6.07) is 31.9. The number of nitriles is 1. The van der Waals surface area contributed by atoms with Crippen LogP contribution in [0.5, 0.6) is 0 Å². The van der Waals surface area contributed by atoms with Crippen molar-refractivity contribution in [3.8, 4) is 6.07 Å². The van der Waals surface area contributed by atoms with Crippen LogP contribution in [-0.2, 0) is 0 Å². The molecule has 2 nitrogen and oxygen atoms in total. The van der Waals surface area contributed by atoms with Crippen molar-refractivity contribution in [3.63, 3.8) is 0 Å². The molecule has 0 aromatic heterocycles. The molecule has 3 unspecified atom stereocenters. The molecule has 0 radical (unpaired) electrons. The molecular formula is C30H31NOS. The molecule has 0 fully saturated rings. The van der Waals surface area contributed by atoms with E-state index in [0.717, 1.165) is 27.2 Å². The molecular weight excluding hydrogens is 422 g/mol. The van der Waals surface area contributed by atoms with Gasteiger partial charge < -0.3 is 5.11 Å². The number of nitrogens with zero attached hydrogens (tertiary/aromatic N) is 1. The van der Waals surface area contributed by atoms with E-state index in [9.17, 15) is 10.4 Å².